The van der Waals surface area contributed by atoms with Crippen molar-refractivity contribution in [2.45, 2.75) is 38.9 Å². The fraction of sp³-hybridized carbons (Fsp3) is 0.400. The summed E-state index contributed by atoms with van der Waals surface area (Å²) in [5, 5.41) is 4.49. The Morgan fingerprint density at radius 3 is 2.35 bits per heavy atom. The van der Waals surface area contributed by atoms with Crippen LogP contribution in [0.5, 0.6) is 0 Å². The van der Waals surface area contributed by atoms with Crippen molar-refractivity contribution < 1.29 is 9.31 Å². The maximum atomic E-state index is 5.97. The second-order valence-corrected chi connectivity index (χ2v) is 5.80. The van der Waals surface area contributed by atoms with Gasteiger partial charge in [-0.15, -0.1) is 0 Å². The summed E-state index contributed by atoms with van der Waals surface area (Å²) < 4.78 is 13.7. The highest BCUT2D eigenvalue weighted by molar-refractivity contribution is 6.61. The molecule has 106 valence electrons. The van der Waals surface area contributed by atoms with Gasteiger partial charge in [-0.05, 0) is 45.9 Å². The minimum absolute atomic E-state index is 0.361. The van der Waals surface area contributed by atoms with Crippen LogP contribution in [0.2, 0.25) is 0 Å². The number of hydrogen-bond donors (Lipinski definition) is 0. The fourth-order valence-corrected chi connectivity index (χ4v) is 1.93. The van der Waals surface area contributed by atoms with Gasteiger partial charge in [0.2, 0.25) is 0 Å². The molecule has 2 heterocycles. The molecule has 0 aromatic carbocycles. The lowest BCUT2D eigenvalue weighted by molar-refractivity contribution is 0.00578. The van der Waals surface area contributed by atoms with Crippen LogP contribution in [-0.2, 0) is 9.31 Å². The molecular formula is C15H21BN2O2. The molecule has 0 unspecified atom stereocenters. The third-order valence-corrected chi connectivity index (χ3v) is 3.87. The van der Waals surface area contributed by atoms with E-state index in [2.05, 4.69) is 18.3 Å². The quantitative estimate of drug-likeness (QED) is 0.623. The highest BCUT2D eigenvalue weighted by Gasteiger charge is 2.52. The van der Waals surface area contributed by atoms with Gasteiger partial charge < -0.3 is 9.31 Å². The van der Waals surface area contributed by atoms with Crippen LogP contribution in [0.3, 0.4) is 0 Å². The van der Waals surface area contributed by atoms with Crippen molar-refractivity contribution in [3.8, 4) is 0 Å². The summed E-state index contributed by atoms with van der Waals surface area (Å²) in [6.45, 7) is 15.5. The second-order valence-electron chi connectivity index (χ2n) is 5.80. The van der Waals surface area contributed by atoms with Crippen molar-refractivity contribution in [1.82, 2.24) is 9.78 Å². The van der Waals surface area contributed by atoms with Gasteiger partial charge in [0.1, 0.15) is 0 Å². The Kier molecular flexibility index (Phi) is 3.76. The van der Waals surface area contributed by atoms with Gasteiger partial charge in [-0.2, -0.15) is 5.10 Å². The van der Waals surface area contributed by atoms with Crippen LogP contribution in [-0.4, -0.2) is 28.1 Å². The molecule has 1 saturated heterocycles. The molecule has 1 aliphatic rings. The molecule has 20 heavy (non-hydrogen) atoms. The molecule has 1 fully saturated rings. The summed E-state index contributed by atoms with van der Waals surface area (Å²) in [6, 6.07) is 1.89. The molecule has 5 heteroatoms. The van der Waals surface area contributed by atoms with Gasteiger partial charge in [-0.1, -0.05) is 19.2 Å². The van der Waals surface area contributed by atoms with Crippen molar-refractivity contribution in [2.75, 3.05) is 0 Å². The molecule has 0 bridgehead atoms. The standard InChI is InChI=1S/C15H21BN2O2/c1-7-9-12(8-2)18-11-10-13(17-18)16-19-14(3,4)15(5,6)20-16/h7-11H,1-2H2,3-6H3/b12-9+. The van der Waals surface area contributed by atoms with Gasteiger partial charge in [-0.25, -0.2) is 4.68 Å². The molecule has 1 aliphatic heterocycles. The summed E-state index contributed by atoms with van der Waals surface area (Å²) in [4.78, 5) is 0. The van der Waals surface area contributed by atoms with Crippen molar-refractivity contribution in [3.05, 3.63) is 43.6 Å². The first-order valence-corrected chi connectivity index (χ1v) is 6.67. The maximum absolute atomic E-state index is 5.97. The number of aromatic nitrogens is 2. The SMILES string of the molecule is C=C/C=C(\C=C)n1ccc(B2OC(C)(C)C(C)(C)O2)n1. The van der Waals surface area contributed by atoms with Crippen molar-refractivity contribution in [1.29, 1.82) is 0 Å². The molecule has 0 atom stereocenters. The van der Waals surface area contributed by atoms with Crippen LogP contribution in [0, 0.1) is 0 Å². The van der Waals surface area contributed by atoms with Crippen LogP contribution in [0.1, 0.15) is 27.7 Å². The normalized spacial score (nSPS) is 21.0. The third kappa shape index (κ3) is 2.51. The Hall–Kier alpha value is -1.59. The average molecular weight is 272 g/mol. The number of rotatable bonds is 4. The molecule has 1 aromatic heterocycles. The summed E-state index contributed by atoms with van der Waals surface area (Å²) in [7, 11) is -0.448. The third-order valence-electron chi connectivity index (χ3n) is 3.87. The minimum Gasteiger partial charge on any atom is -0.398 e. The largest absolute Gasteiger partial charge is 0.516 e. The topological polar surface area (TPSA) is 36.3 Å². The van der Waals surface area contributed by atoms with Gasteiger partial charge in [0.15, 0.2) is 0 Å². The molecule has 2 rings (SSSR count). The first kappa shape index (κ1) is 14.8. The smallest absolute Gasteiger partial charge is 0.398 e. The lowest BCUT2D eigenvalue weighted by atomic mass is 9.85. The molecule has 0 amide bonds. The van der Waals surface area contributed by atoms with E-state index in [4.69, 9.17) is 9.31 Å². The summed E-state index contributed by atoms with van der Waals surface area (Å²) in [6.07, 6.45) is 7.13. The summed E-state index contributed by atoms with van der Waals surface area (Å²) in [5.74, 6) is 0. The van der Waals surface area contributed by atoms with E-state index in [1.54, 1.807) is 16.8 Å². The van der Waals surface area contributed by atoms with E-state index in [0.29, 0.717) is 0 Å². The molecular weight excluding hydrogens is 251 g/mol. The van der Waals surface area contributed by atoms with Crippen LogP contribution < -0.4 is 5.59 Å². The first-order valence-electron chi connectivity index (χ1n) is 6.67. The van der Waals surface area contributed by atoms with E-state index in [-0.39, 0.29) is 11.2 Å². The zero-order valence-electron chi connectivity index (χ0n) is 12.6. The molecule has 1 aromatic rings. The van der Waals surface area contributed by atoms with E-state index in [1.165, 1.54) is 0 Å². The van der Waals surface area contributed by atoms with E-state index >= 15 is 0 Å². The lowest BCUT2D eigenvalue weighted by Gasteiger charge is -2.32. The van der Waals surface area contributed by atoms with E-state index in [0.717, 1.165) is 11.3 Å². The predicted octanol–water partition coefficient (Wildman–Crippen LogP) is 2.40. The van der Waals surface area contributed by atoms with Crippen LogP contribution >= 0.6 is 0 Å². The van der Waals surface area contributed by atoms with Crippen LogP contribution in [0.4, 0.5) is 0 Å². The Morgan fingerprint density at radius 1 is 1.25 bits per heavy atom. The Labute approximate surface area is 120 Å². The zero-order chi connectivity index (χ0) is 15.0. The monoisotopic (exact) mass is 272 g/mol. The molecule has 0 aliphatic carbocycles. The number of nitrogens with zero attached hydrogens (tertiary/aromatic N) is 2. The second kappa shape index (κ2) is 5.07. The van der Waals surface area contributed by atoms with Gasteiger partial charge in [0, 0.05) is 6.20 Å². The summed E-state index contributed by atoms with van der Waals surface area (Å²) in [5.41, 5.74) is 0.877. The molecule has 0 radical (unpaired) electrons. The van der Waals surface area contributed by atoms with Crippen molar-refractivity contribution in [2.24, 2.45) is 0 Å². The fourth-order valence-electron chi connectivity index (χ4n) is 1.93. The van der Waals surface area contributed by atoms with E-state index in [9.17, 15) is 0 Å². The predicted molar refractivity (Wildman–Crippen MR) is 82.6 cm³/mol. The zero-order valence-corrected chi connectivity index (χ0v) is 12.6. The minimum atomic E-state index is -0.448. The number of hydrogen-bond acceptors (Lipinski definition) is 3. The summed E-state index contributed by atoms with van der Waals surface area (Å²) >= 11 is 0. The average Bonchev–Trinajstić information content (AvgIpc) is 2.90. The lowest BCUT2D eigenvalue weighted by Crippen LogP contribution is -2.41. The van der Waals surface area contributed by atoms with E-state index in [1.807, 2.05) is 46.0 Å². The highest BCUT2D eigenvalue weighted by atomic mass is 16.7. The highest BCUT2D eigenvalue weighted by Crippen LogP contribution is 2.36. The van der Waals surface area contributed by atoms with Gasteiger partial charge in [0.05, 0.1) is 22.5 Å². The Morgan fingerprint density at radius 2 is 1.85 bits per heavy atom. The molecule has 4 nitrogen and oxygen atoms in total. The Balaban J connectivity index is 2.25. The molecule has 0 saturated carbocycles. The molecule has 0 N–H and O–H groups in total. The van der Waals surface area contributed by atoms with Crippen LogP contribution in [0.25, 0.3) is 5.70 Å². The van der Waals surface area contributed by atoms with Gasteiger partial charge in [-0.3, -0.25) is 0 Å². The van der Waals surface area contributed by atoms with Crippen LogP contribution in [0.15, 0.2) is 43.6 Å². The van der Waals surface area contributed by atoms with Gasteiger partial charge >= 0.3 is 7.12 Å². The maximum Gasteiger partial charge on any atom is 0.516 e. The van der Waals surface area contributed by atoms with E-state index < -0.39 is 7.12 Å². The van der Waals surface area contributed by atoms with Gasteiger partial charge in [0.25, 0.3) is 0 Å². The number of allylic oxidation sites excluding steroid dienone is 4. The first-order chi connectivity index (χ1) is 9.30. The molecule has 0 spiro atoms. The van der Waals surface area contributed by atoms with Crippen molar-refractivity contribution >= 4 is 18.4 Å². The van der Waals surface area contributed by atoms with Crippen molar-refractivity contribution in [3.63, 3.8) is 0 Å². The Bertz CT molecular complexity index is 542.